The number of carbonyl (C=O) groups excluding carboxylic acids is 2. The summed E-state index contributed by atoms with van der Waals surface area (Å²) >= 11 is 0. The van der Waals surface area contributed by atoms with Crippen molar-refractivity contribution >= 4 is 11.7 Å². The molecule has 0 saturated carbocycles. The molecule has 6 nitrogen and oxygen atoms in total. The molecule has 29 heavy (non-hydrogen) atoms. The summed E-state index contributed by atoms with van der Waals surface area (Å²) in [4.78, 5) is 32.9. The number of alkyl halides is 2. The highest BCUT2D eigenvalue weighted by atomic mass is 19.3. The summed E-state index contributed by atoms with van der Waals surface area (Å²) in [5, 5.41) is 2.86. The fourth-order valence-electron chi connectivity index (χ4n) is 2.59. The van der Waals surface area contributed by atoms with E-state index in [9.17, 15) is 18.4 Å². The Morgan fingerprint density at radius 2 is 1.90 bits per heavy atom. The van der Waals surface area contributed by atoms with Gasteiger partial charge in [-0.3, -0.25) is 14.6 Å². The largest absolute Gasteiger partial charge is 0.472 e. The molecule has 1 atom stereocenters. The molecule has 0 aliphatic heterocycles. The maximum absolute atomic E-state index is 12.6. The normalized spacial score (nSPS) is 12.1. The number of rotatable bonds is 9. The summed E-state index contributed by atoms with van der Waals surface area (Å²) in [6.45, 7) is 6.48. The molecule has 0 radical (unpaired) electrons. The molecule has 0 bridgehead atoms. The van der Waals surface area contributed by atoms with Gasteiger partial charge in [0.05, 0.1) is 6.04 Å². The highest BCUT2D eigenvalue weighted by molar-refractivity contribution is 5.95. The molecule has 8 heteroatoms. The standard InChI is InChI=1S/C21H25F2N3O3/c1-12(2)18(27)9-17-8-16(7-13(3)25-17)21(28)26-14(4)15-5-6-20(24-10-15)29-11-19(22)23/h5-8,10,12,14,19H,9,11H2,1-4H3,(H,26,28). The zero-order valence-corrected chi connectivity index (χ0v) is 16.9. The summed E-state index contributed by atoms with van der Waals surface area (Å²) in [5.74, 6) is -0.256. The van der Waals surface area contributed by atoms with Crippen molar-refractivity contribution in [2.75, 3.05) is 6.61 Å². The highest BCUT2D eigenvalue weighted by Gasteiger charge is 2.16. The zero-order valence-electron chi connectivity index (χ0n) is 16.9. The topological polar surface area (TPSA) is 81.2 Å². The van der Waals surface area contributed by atoms with Crippen LogP contribution in [0.3, 0.4) is 0 Å². The Balaban J connectivity index is 2.05. The molecule has 0 aliphatic rings. The van der Waals surface area contributed by atoms with Gasteiger partial charge in [0.15, 0.2) is 6.61 Å². The number of pyridine rings is 2. The second-order valence-electron chi connectivity index (χ2n) is 7.11. The molecule has 0 spiro atoms. The van der Waals surface area contributed by atoms with E-state index < -0.39 is 13.0 Å². The predicted molar refractivity (Wildman–Crippen MR) is 104 cm³/mol. The lowest BCUT2D eigenvalue weighted by Gasteiger charge is -2.15. The van der Waals surface area contributed by atoms with Gasteiger partial charge in [-0.1, -0.05) is 19.9 Å². The molecule has 2 rings (SSSR count). The van der Waals surface area contributed by atoms with Gasteiger partial charge < -0.3 is 10.1 Å². The molecular weight excluding hydrogens is 380 g/mol. The van der Waals surface area contributed by atoms with E-state index >= 15 is 0 Å². The number of hydrogen-bond acceptors (Lipinski definition) is 5. The van der Waals surface area contributed by atoms with Gasteiger partial charge in [-0.15, -0.1) is 0 Å². The molecule has 0 fully saturated rings. The number of aromatic nitrogens is 2. The third kappa shape index (κ3) is 6.89. The van der Waals surface area contributed by atoms with Crippen molar-refractivity contribution in [1.82, 2.24) is 15.3 Å². The van der Waals surface area contributed by atoms with Crippen LogP contribution in [0.1, 0.15) is 54.1 Å². The smallest absolute Gasteiger partial charge is 0.272 e. The minimum absolute atomic E-state index is 0.0584. The molecule has 0 aromatic carbocycles. The number of carbonyl (C=O) groups is 2. The molecule has 156 valence electrons. The van der Waals surface area contributed by atoms with Crippen LogP contribution in [0.25, 0.3) is 0 Å². The number of amides is 1. The van der Waals surface area contributed by atoms with Crippen molar-refractivity contribution in [3.63, 3.8) is 0 Å². The molecule has 1 amide bonds. The lowest BCUT2D eigenvalue weighted by atomic mass is 10.0. The van der Waals surface area contributed by atoms with Crippen molar-refractivity contribution in [3.05, 3.63) is 53.0 Å². The van der Waals surface area contributed by atoms with E-state index in [1.165, 1.54) is 12.3 Å². The first kappa shape index (κ1) is 22.4. The average molecular weight is 405 g/mol. The van der Waals surface area contributed by atoms with Gasteiger partial charge in [0, 0.05) is 41.6 Å². The van der Waals surface area contributed by atoms with Crippen molar-refractivity contribution in [2.24, 2.45) is 5.92 Å². The van der Waals surface area contributed by atoms with Crippen LogP contribution in [0.15, 0.2) is 30.5 Å². The fraction of sp³-hybridized carbons (Fsp3) is 0.429. The van der Waals surface area contributed by atoms with E-state index in [4.69, 9.17) is 4.74 Å². The number of ketones is 1. The van der Waals surface area contributed by atoms with Crippen molar-refractivity contribution in [2.45, 2.75) is 46.6 Å². The van der Waals surface area contributed by atoms with E-state index in [-0.39, 0.29) is 36.0 Å². The van der Waals surface area contributed by atoms with Gasteiger partial charge in [0.2, 0.25) is 5.88 Å². The maximum atomic E-state index is 12.6. The summed E-state index contributed by atoms with van der Waals surface area (Å²) in [6, 6.07) is 6.05. The number of nitrogens with zero attached hydrogens (tertiary/aromatic N) is 2. The van der Waals surface area contributed by atoms with E-state index in [1.807, 2.05) is 13.8 Å². The maximum Gasteiger partial charge on any atom is 0.272 e. The summed E-state index contributed by atoms with van der Waals surface area (Å²) in [5.41, 5.74) is 2.33. The number of nitrogens with one attached hydrogen (secondary N) is 1. The number of halogens is 2. The van der Waals surface area contributed by atoms with Gasteiger partial charge in [0.1, 0.15) is 5.78 Å². The van der Waals surface area contributed by atoms with Gasteiger partial charge >= 0.3 is 0 Å². The van der Waals surface area contributed by atoms with E-state index in [2.05, 4.69) is 15.3 Å². The molecule has 2 aromatic rings. The Kier molecular flexibility index (Phi) is 7.75. The Labute approximate surface area is 168 Å². The third-order valence-electron chi connectivity index (χ3n) is 4.23. The van der Waals surface area contributed by atoms with Crippen molar-refractivity contribution < 1.29 is 23.1 Å². The van der Waals surface area contributed by atoms with Crippen LogP contribution in [0.5, 0.6) is 5.88 Å². The Morgan fingerprint density at radius 1 is 1.17 bits per heavy atom. The first-order chi connectivity index (χ1) is 13.7. The van der Waals surface area contributed by atoms with Crippen molar-refractivity contribution in [1.29, 1.82) is 0 Å². The molecular formula is C21H25F2N3O3. The van der Waals surface area contributed by atoms with E-state index in [0.717, 1.165) is 0 Å². The zero-order chi connectivity index (χ0) is 21.6. The van der Waals surface area contributed by atoms with Gasteiger partial charge in [-0.2, -0.15) is 0 Å². The number of ether oxygens (including phenoxy) is 1. The molecule has 0 saturated heterocycles. The van der Waals surface area contributed by atoms with Crippen LogP contribution >= 0.6 is 0 Å². The molecule has 0 aliphatic carbocycles. The van der Waals surface area contributed by atoms with Crippen molar-refractivity contribution in [3.8, 4) is 5.88 Å². The minimum Gasteiger partial charge on any atom is -0.472 e. The minimum atomic E-state index is -2.57. The second-order valence-corrected chi connectivity index (χ2v) is 7.11. The first-order valence-electron chi connectivity index (χ1n) is 9.33. The molecule has 2 aromatic heterocycles. The van der Waals surface area contributed by atoms with Gasteiger partial charge in [0.25, 0.3) is 12.3 Å². The van der Waals surface area contributed by atoms with Crippen LogP contribution in [0.4, 0.5) is 8.78 Å². The van der Waals surface area contributed by atoms with Crippen LogP contribution in [-0.2, 0) is 11.2 Å². The second kappa shape index (κ2) is 10.0. The first-order valence-corrected chi connectivity index (χ1v) is 9.33. The predicted octanol–water partition coefficient (Wildman–Crippen LogP) is 3.69. The third-order valence-corrected chi connectivity index (χ3v) is 4.23. The Hall–Kier alpha value is -2.90. The summed E-state index contributed by atoms with van der Waals surface area (Å²) in [6.07, 6.45) is -0.922. The monoisotopic (exact) mass is 405 g/mol. The van der Waals surface area contributed by atoms with Gasteiger partial charge in [-0.05, 0) is 31.5 Å². The Morgan fingerprint density at radius 3 is 2.48 bits per heavy atom. The van der Waals surface area contributed by atoms with Gasteiger partial charge in [-0.25, -0.2) is 13.8 Å². The molecule has 2 heterocycles. The van der Waals surface area contributed by atoms with Crippen LogP contribution in [0.2, 0.25) is 0 Å². The lowest BCUT2D eigenvalue weighted by molar-refractivity contribution is -0.121. The fourth-order valence-corrected chi connectivity index (χ4v) is 2.59. The van der Waals surface area contributed by atoms with Crippen LogP contribution < -0.4 is 10.1 Å². The lowest BCUT2D eigenvalue weighted by Crippen LogP contribution is -2.27. The van der Waals surface area contributed by atoms with E-state index in [1.54, 1.807) is 32.0 Å². The summed E-state index contributed by atoms with van der Waals surface area (Å²) < 4.78 is 29.2. The number of hydrogen-bond donors (Lipinski definition) is 1. The number of Topliss-reactive ketones (excluding diaryl/α,β-unsaturated/α-hetero) is 1. The Bertz CT molecular complexity index is 855. The average Bonchev–Trinajstić information content (AvgIpc) is 2.66. The number of aryl methyl sites for hydroxylation is 1. The molecule has 1 N–H and O–H groups in total. The molecule has 1 unspecified atom stereocenters. The van der Waals surface area contributed by atoms with Crippen LogP contribution in [-0.4, -0.2) is 34.7 Å². The summed E-state index contributed by atoms with van der Waals surface area (Å²) in [7, 11) is 0. The van der Waals surface area contributed by atoms with Crippen LogP contribution in [0, 0.1) is 12.8 Å². The quantitative estimate of drug-likeness (QED) is 0.688. The van der Waals surface area contributed by atoms with E-state index in [0.29, 0.717) is 22.5 Å². The SMILES string of the molecule is Cc1cc(C(=O)NC(C)c2ccc(OCC(F)F)nc2)cc(CC(=O)C(C)C)n1. The highest BCUT2D eigenvalue weighted by Crippen LogP contribution is 2.16.